The largest absolute Gasteiger partial charge is 0.465 e. The van der Waals surface area contributed by atoms with E-state index in [2.05, 4.69) is 20.6 Å². The highest BCUT2D eigenvalue weighted by atomic mass is 16.3. The molecule has 1 aromatic carbocycles. The van der Waals surface area contributed by atoms with Crippen molar-refractivity contribution in [1.82, 2.24) is 20.6 Å². The number of furan rings is 2. The Bertz CT molecular complexity index is 1110. The molecule has 8 heteroatoms. The first kappa shape index (κ1) is 18.3. The van der Waals surface area contributed by atoms with Crippen LogP contribution >= 0.6 is 0 Å². The van der Waals surface area contributed by atoms with E-state index in [0.29, 0.717) is 18.7 Å². The Morgan fingerprint density at radius 2 is 1.86 bits per heavy atom. The Labute approximate surface area is 165 Å². The number of aromatic nitrogens is 2. The molecular formula is C21H18N4O4. The van der Waals surface area contributed by atoms with Gasteiger partial charge in [-0.1, -0.05) is 12.1 Å². The van der Waals surface area contributed by atoms with Crippen LogP contribution in [0.4, 0.5) is 0 Å². The van der Waals surface area contributed by atoms with Crippen molar-refractivity contribution >= 4 is 28.9 Å². The predicted octanol–water partition coefficient (Wildman–Crippen LogP) is 2.88. The summed E-state index contributed by atoms with van der Waals surface area (Å²) in [6, 6.07) is 14.2. The Balaban J connectivity index is 1.42. The van der Waals surface area contributed by atoms with Crippen molar-refractivity contribution in [2.75, 3.05) is 6.54 Å². The van der Waals surface area contributed by atoms with E-state index in [1.807, 2.05) is 24.3 Å². The fourth-order valence-corrected chi connectivity index (χ4v) is 2.78. The van der Waals surface area contributed by atoms with Crippen LogP contribution in [0, 0.1) is 0 Å². The smallest absolute Gasteiger partial charge is 0.291 e. The maximum atomic E-state index is 12.6. The number of imidazole rings is 1. The van der Waals surface area contributed by atoms with Gasteiger partial charge < -0.3 is 24.5 Å². The number of para-hydroxylation sites is 2. The number of fused-ring (bicyclic) bond motifs is 1. The first-order valence-electron chi connectivity index (χ1n) is 9.01. The van der Waals surface area contributed by atoms with Crippen LogP contribution in [-0.4, -0.2) is 28.3 Å². The Hall–Kier alpha value is -4.07. The third-order valence-corrected chi connectivity index (χ3v) is 4.15. The lowest BCUT2D eigenvalue weighted by Gasteiger charge is -2.09. The molecule has 3 aromatic heterocycles. The van der Waals surface area contributed by atoms with Crippen LogP contribution in [0.3, 0.4) is 0 Å². The molecule has 2 amide bonds. The zero-order valence-corrected chi connectivity index (χ0v) is 15.3. The van der Waals surface area contributed by atoms with Gasteiger partial charge in [0.15, 0.2) is 5.76 Å². The molecule has 0 aliphatic rings. The van der Waals surface area contributed by atoms with Crippen molar-refractivity contribution in [3.63, 3.8) is 0 Å². The fraction of sp³-hybridized carbons (Fsp3) is 0.0952. The summed E-state index contributed by atoms with van der Waals surface area (Å²) in [5.41, 5.74) is 1.86. The molecule has 4 aromatic rings. The van der Waals surface area contributed by atoms with Crippen molar-refractivity contribution in [2.45, 2.75) is 6.42 Å². The van der Waals surface area contributed by atoms with Crippen LogP contribution in [0.25, 0.3) is 17.1 Å². The average molecular weight is 390 g/mol. The molecule has 0 radical (unpaired) electrons. The summed E-state index contributed by atoms with van der Waals surface area (Å²) in [6.45, 7) is 0.338. The molecule has 146 valence electrons. The standard InChI is InChI=1S/C21H18N4O4/c26-20(22-10-9-19-23-15-6-1-2-7-16(15)24-19)17(13-14-5-3-11-28-14)25-21(27)18-8-4-12-29-18/h1-8,11-13H,9-10H2,(H,22,26)(H,23,24)(H,25,27). The van der Waals surface area contributed by atoms with Crippen LogP contribution in [0.15, 0.2) is 75.6 Å². The molecule has 0 aliphatic heterocycles. The van der Waals surface area contributed by atoms with Gasteiger partial charge in [0.25, 0.3) is 11.8 Å². The molecule has 0 unspecified atom stereocenters. The molecular weight excluding hydrogens is 372 g/mol. The number of aromatic amines is 1. The highest BCUT2D eigenvalue weighted by Crippen LogP contribution is 2.11. The van der Waals surface area contributed by atoms with Crippen molar-refractivity contribution in [2.24, 2.45) is 0 Å². The number of H-pyrrole nitrogens is 1. The Morgan fingerprint density at radius 3 is 2.62 bits per heavy atom. The van der Waals surface area contributed by atoms with Crippen LogP contribution in [0.2, 0.25) is 0 Å². The van der Waals surface area contributed by atoms with Gasteiger partial charge in [-0.15, -0.1) is 0 Å². The van der Waals surface area contributed by atoms with Crippen LogP contribution < -0.4 is 10.6 Å². The summed E-state index contributed by atoms with van der Waals surface area (Å²) < 4.78 is 10.3. The quantitative estimate of drug-likeness (QED) is 0.420. The van der Waals surface area contributed by atoms with E-state index < -0.39 is 11.8 Å². The summed E-state index contributed by atoms with van der Waals surface area (Å²) >= 11 is 0. The molecule has 29 heavy (non-hydrogen) atoms. The lowest BCUT2D eigenvalue weighted by atomic mass is 10.3. The summed E-state index contributed by atoms with van der Waals surface area (Å²) in [5.74, 6) is 0.331. The molecule has 0 saturated carbocycles. The first-order valence-corrected chi connectivity index (χ1v) is 9.01. The second-order valence-corrected chi connectivity index (χ2v) is 6.21. The van der Waals surface area contributed by atoms with E-state index in [1.54, 1.807) is 18.2 Å². The second kappa shape index (κ2) is 8.30. The van der Waals surface area contributed by atoms with Gasteiger partial charge in [-0.05, 0) is 36.4 Å². The number of nitrogens with one attached hydrogen (secondary N) is 3. The Morgan fingerprint density at radius 1 is 1.03 bits per heavy atom. The minimum atomic E-state index is -0.528. The molecule has 0 fully saturated rings. The molecule has 0 bridgehead atoms. The molecule has 3 N–H and O–H groups in total. The Kier molecular flexibility index (Phi) is 5.24. The number of rotatable bonds is 7. The summed E-state index contributed by atoms with van der Waals surface area (Å²) in [6.07, 6.45) is 4.84. The number of hydrogen-bond donors (Lipinski definition) is 3. The molecule has 0 saturated heterocycles. The number of benzene rings is 1. The summed E-state index contributed by atoms with van der Waals surface area (Å²) in [4.78, 5) is 32.6. The van der Waals surface area contributed by atoms with E-state index in [4.69, 9.17) is 8.83 Å². The summed E-state index contributed by atoms with van der Waals surface area (Å²) in [5, 5.41) is 5.35. The normalized spacial score (nSPS) is 11.5. The molecule has 0 atom stereocenters. The monoisotopic (exact) mass is 390 g/mol. The molecule has 0 aliphatic carbocycles. The van der Waals surface area contributed by atoms with Crippen LogP contribution in [0.5, 0.6) is 0 Å². The highest BCUT2D eigenvalue weighted by molar-refractivity contribution is 6.04. The topological polar surface area (TPSA) is 113 Å². The van der Waals surface area contributed by atoms with Crippen molar-refractivity contribution in [1.29, 1.82) is 0 Å². The molecule has 8 nitrogen and oxygen atoms in total. The van der Waals surface area contributed by atoms with E-state index >= 15 is 0 Å². The SMILES string of the molecule is O=C(NCCc1nc2ccccc2[nH]1)C(=Cc1ccco1)NC(=O)c1ccco1. The molecule has 0 spiro atoms. The number of hydrogen-bond acceptors (Lipinski definition) is 5. The third-order valence-electron chi connectivity index (χ3n) is 4.15. The molecule has 4 rings (SSSR count). The van der Waals surface area contributed by atoms with Gasteiger partial charge >= 0.3 is 0 Å². The minimum Gasteiger partial charge on any atom is -0.465 e. The van der Waals surface area contributed by atoms with Gasteiger partial charge in [0.05, 0.1) is 23.6 Å². The highest BCUT2D eigenvalue weighted by Gasteiger charge is 2.17. The van der Waals surface area contributed by atoms with Gasteiger partial charge in [-0.2, -0.15) is 0 Å². The number of carbonyl (C=O) groups excluding carboxylic acids is 2. The van der Waals surface area contributed by atoms with Gasteiger partial charge in [-0.3, -0.25) is 9.59 Å². The number of nitrogens with zero attached hydrogens (tertiary/aromatic N) is 1. The van der Waals surface area contributed by atoms with Gasteiger partial charge in [0.1, 0.15) is 17.3 Å². The first-order chi connectivity index (χ1) is 14.2. The number of amides is 2. The summed E-state index contributed by atoms with van der Waals surface area (Å²) in [7, 11) is 0. The minimum absolute atomic E-state index is 0.0472. The zero-order valence-electron chi connectivity index (χ0n) is 15.3. The van der Waals surface area contributed by atoms with Gasteiger partial charge in [0.2, 0.25) is 0 Å². The van der Waals surface area contributed by atoms with Crippen molar-refractivity contribution in [3.05, 3.63) is 84.1 Å². The second-order valence-electron chi connectivity index (χ2n) is 6.21. The predicted molar refractivity (Wildman–Crippen MR) is 106 cm³/mol. The third kappa shape index (κ3) is 4.44. The average Bonchev–Trinajstić information content (AvgIpc) is 3.48. The van der Waals surface area contributed by atoms with Crippen molar-refractivity contribution < 1.29 is 18.4 Å². The van der Waals surface area contributed by atoms with E-state index in [9.17, 15) is 9.59 Å². The molecule has 3 heterocycles. The lowest BCUT2D eigenvalue weighted by molar-refractivity contribution is -0.117. The van der Waals surface area contributed by atoms with Crippen LogP contribution in [-0.2, 0) is 11.2 Å². The van der Waals surface area contributed by atoms with Gasteiger partial charge in [-0.25, -0.2) is 4.98 Å². The maximum absolute atomic E-state index is 12.6. The van der Waals surface area contributed by atoms with Gasteiger partial charge in [0, 0.05) is 19.0 Å². The zero-order chi connectivity index (χ0) is 20.1. The number of carbonyl (C=O) groups is 2. The lowest BCUT2D eigenvalue weighted by Crippen LogP contribution is -2.35. The van der Waals surface area contributed by atoms with E-state index in [1.165, 1.54) is 24.7 Å². The fourth-order valence-electron chi connectivity index (χ4n) is 2.78. The van der Waals surface area contributed by atoms with E-state index in [-0.39, 0.29) is 11.5 Å². The van der Waals surface area contributed by atoms with Crippen molar-refractivity contribution in [3.8, 4) is 0 Å². The van der Waals surface area contributed by atoms with E-state index in [0.717, 1.165) is 16.9 Å². The maximum Gasteiger partial charge on any atom is 0.291 e. The van der Waals surface area contributed by atoms with Crippen LogP contribution in [0.1, 0.15) is 22.1 Å².